The van der Waals surface area contributed by atoms with E-state index in [4.69, 9.17) is 9.83 Å². The van der Waals surface area contributed by atoms with Crippen molar-refractivity contribution >= 4 is 11.5 Å². The summed E-state index contributed by atoms with van der Waals surface area (Å²) >= 11 is 0. The van der Waals surface area contributed by atoms with Gasteiger partial charge >= 0.3 is 0 Å². The molecule has 0 aliphatic rings. The predicted molar refractivity (Wildman–Crippen MR) is 82.9 cm³/mol. The summed E-state index contributed by atoms with van der Waals surface area (Å²) in [4.78, 5) is 22.6. The molecule has 25 heavy (non-hydrogen) atoms. The van der Waals surface area contributed by atoms with E-state index in [9.17, 15) is 20.2 Å². The minimum absolute atomic E-state index is 0.0457. The third kappa shape index (κ3) is 2.91. The van der Waals surface area contributed by atoms with Gasteiger partial charge in [-0.2, -0.15) is 10.4 Å². The molecule has 0 aliphatic heterocycles. The number of hydrogen-bond acceptors (Lipinski definition) is 7. The largest absolute Gasteiger partial charge is 0.461 e. The maximum Gasteiger partial charge on any atom is 0.269 e. The van der Waals surface area contributed by atoms with E-state index in [-0.39, 0.29) is 28.2 Å². The van der Waals surface area contributed by atoms with Gasteiger partial charge in [0.15, 0.2) is 11.2 Å². The molecule has 9 heteroatoms. The van der Waals surface area contributed by atoms with Crippen LogP contribution < -0.4 is 5.49 Å². The highest BCUT2D eigenvalue weighted by atomic mass is 16.6. The third-order valence-electron chi connectivity index (χ3n) is 3.36. The van der Waals surface area contributed by atoms with Crippen LogP contribution in [0, 0.1) is 26.9 Å². The summed E-state index contributed by atoms with van der Waals surface area (Å²) < 4.78 is 6.11. The fourth-order valence-corrected chi connectivity index (χ4v) is 2.14. The van der Waals surface area contributed by atoms with Crippen molar-refractivity contribution in [2.24, 2.45) is 0 Å². The molecule has 2 heterocycles. The van der Waals surface area contributed by atoms with Crippen LogP contribution in [0.4, 0.5) is 5.69 Å². The quantitative estimate of drug-likeness (QED) is 0.439. The molecule has 0 unspecified atom stereocenters. The predicted octanol–water partition coefficient (Wildman–Crippen LogP) is 1.96. The molecule has 2 aromatic heterocycles. The molecule has 0 amide bonds. The van der Waals surface area contributed by atoms with Crippen LogP contribution in [0.3, 0.4) is 0 Å². The number of rotatable bonds is 4. The highest BCUT2D eigenvalue weighted by Gasteiger charge is 2.17. The molecular formula is C16H9N5O4. The van der Waals surface area contributed by atoms with Gasteiger partial charge in [-0.1, -0.05) is 0 Å². The summed E-state index contributed by atoms with van der Waals surface area (Å²) in [5, 5.41) is 32.1. The molecule has 0 spiro atoms. The van der Waals surface area contributed by atoms with Crippen molar-refractivity contribution in [3.63, 3.8) is 0 Å². The van der Waals surface area contributed by atoms with Gasteiger partial charge < -0.3 is 4.42 Å². The van der Waals surface area contributed by atoms with E-state index in [1.54, 1.807) is 6.07 Å². The van der Waals surface area contributed by atoms with Crippen LogP contribution in [0.5, 0.6) is 0 Å². The summed E-state index contributed by atoms with van der Waals surface area (Å²) in [6, 6.07) is 11.3. The number of benzene rings is 1. The average Bonchev–Trinajstić information content (AvgIpc) is 3.16. The molecule has 1 aromatic carbocycles. The molecule has 0 saturated heterocycles. The molecule has 122 valence electrons. The van der Waals surface area contributed by atoms with Gasteiger partial charge in [-0.3, -0.25) is 20.3 Å². The Balaban J connectivity index is 2.14. The number of nitrogens with one attached hydrogen (secondary N) is 1. The summed E-state index contributed by atoms with van der Waals surface area (Å²) in [6.07, 6.45) is 1.33. The molecule has 0 radical (unpaired) electrons. The lowest BCUT2D eigenvalue weighted by atomic mass is 10.2. The van der Waals surface area contributed by atoms with Crippen molar-refractivity contribution in [1.29, 1.82) is 10.7 Å². The summed E-state index contributed by atoms with van der Waals surface area (Å²) in [7, 11) is 0. The van der Waals surface area contributed by atoms with Gasteiger partial charge in [0.1, 0.15) is 11.8 Å². The van der Waals surface area contributed by atoms with Gasteiger partial charge in [0.25, 0.3) is 5.69 Å². The minimum atomic E-state index is -0.555. The highest BCUT2D eigenvalue weighted by molar-refractivity contribution is 6.05. The van der Waals surface area contributed by atoms with Crippen molar-refractivity contribution in [2.45, 2.75) is 0 Å². The highest BCUT2D eigenvalue weighted by Crippen LogP contribution is 2.15. The fraction of sp³-hybridized carbons (Fsp3) is 0. The van der Waals surface area contributed by atoms with Crippen LogP contribution in [0.25, 0.3) is 5.69 Å². The Labute approximate surface area is 140 Å². The molecule has 3 rings (SSSR count). The first-order valence-corrected chi connectivity index (χ1v) is 6.93. The maximum absolute atomic E-state index is 12.4. The zero-order chi connectivity index (χ0) is 18.0. The summed E-state index contributed by atoms with van der Waals surface area (Å²) in [5.74, 6) is -0.499. The normalized spacial score (nSPS) is 10.2. The molecule has 0 aliphatic carbocycles. The van der Waals surface area contributed by atoms with Crippen LogP contribution in [-0.2, 0) is 0 Å². The van der Waals surface area contributed by atoms with Crippen LogP contribution in [-0.4, -0.2) is 20.5 Å². The van der Waals surface area contributed by atoms with E-state index in [0.717, 1.165) is 4.68 Å². The maximum atomic E-state index is 12.4. The Morgan fingerprint density at radius 3 is 2.60 bits per heavy atom. The first kappa shape index (κ1) is 15.8. The van der Waals surface area contributed by atoms with E-state index in [0.29, 0.717) is 5.69 Å². The number of nitro groups is 1. The first-order chi connectivity index (χ1) is 12.0. The second-order valence-corrected chi connectivity index (χ2v) is 4.90. The zero-order valence-electron chi connectivity index (χ0n) is 12.5. The number of non-ortho nitro benzene ring substituents is 1. The molecule has 1 N–H and O–H groups in total. The Bertz CT molecular complexity index is 1060. The number of ketones is 1. The number of carbonyl (C=O) groups is 1. The Morgan fingerprint density at radius 2 is 2.04 bits per heavy atom. The number of nitriles is 1. The SMILES string of the molecule is N#Cc1cc(C(=O)c2ccco2)nn(-c2ccc([N+](=O)[O-])cc2)c1=N. The monoisotopic (exact) mass is 335 g/mol. The Morgan fingerprint density at radius 1 is 1.32 bits per heavy atom. The van der Waals surface area contributed by atoms with Gasteiger partial charge in [-0.15, -0.1) is 0 Å². The first-order valence-electron chi connectivity index (χ1n) is 6.93. The van der Waals surface area contributed by atoms with Crippen molar-refractivity contribution < 1.29 is 14.1 Å². The van der Waals surface area contributed by atoms with Gasteiger partial charge in [-0.25, -0.2) is 4.68 Å². The summed E-state index contributed by atoms with van der Waals surface area (Å²) in [6.45, 7) is 0. The number of nitrogens with zero attached hydrogens (tertiary/aromatic N) is 4. The van der Waals surface area contributed by atoms with Crippen LogP contribution in [0.2, 0.25) is 0 Å². The number of hydrogen-bond donors (Lipinski definition) is 1. The smallest absolute Gasteiger partial charge is 0.269 e. The topological polar surface area (TPSA) is 139 Å². The second-order valence-electron chi connectivity index (χ2n) is 4.90. The Hall–Kier alpha value is -4.06. The number of nitro benzene ring substituents is 1. The lowest BCUT2D eigenvalue weighted by Gasteiger charge is -2.08. The van der Waals surface area contributed by atoms with Crippen LogP contribution >= 0.6 is 0 Å². The standard InChI is InChI=1S/C16H9N5O4/c17-9-10-8-13(15(22)14-2-1-7-25-14)19-20(16(10)18)11-3-5-12(6-4-11)21(23)24/h1-8,18H. The molecule has 0 atom stereocenters. The lowest BCUT2D eigenvalue weighted by Crippen LogP contribution is -2.26. The van der Waals surface area contributed by atoms with Gasteiger partial charge in [0, 0.05) is 12.1 Å². The number of furan rings is 1. The van der Waals surface area contributed by atoms with Crippen LogP contribution in [0.15, 0.2) is 53.1 Å². The van der Waals surface area contributed by atoms with Crippen LogP contribution in [0.1, 0.15) is 21.8 Å². The van der Waals surface area contributed by atoms with Crippen molar-refractivity contribution in [3.05, 3.63) is 81.3 Å². The van der Waals surface area contributed by atoms with E-state index in [1.165, 1.54) is 42.7 Å². The number of aromatic nitrogens is 2. The Kier molecular flexibility index (Phi) is 3.93. The minimum Gasteiger partial charge on any atom is -0.461 e. The second kappa shape index (κ2) is 6.21. The fourth-order valence-electron chi connectivity index (χ4n) is 2.14. The molecular weight excluding hydrogens is 326 g/mol. The van der Waals surface area contributed by atoms with E-state index in [1.807, 2.05) is 6.07 Å². The molecule has 0 fully saturated rings. The molecule has 3 aromatic rings. The van der Waals surface area contributed by atoms with Gasteiger partial charge in [-0.05, 0) is 30.3 Å². The van der Waals surface area contributed by atoms with Crippen molar-refractivity contribution in [1.82, 2.24) is 9.78 Å². The molecule has 9 nitrogen and oxygen atoms in total. The van der Waals surface area contributed by atoms with Crippen molar-refractivity contribution in [2.75, 3.05) is 0 Å². The van der Waals surface area contributed by atoms with Crippen molar-refractivity contribution in [3.8, 4) is 11.8 Å². The average molecular weight is 335 g/mol. The van der Waals surface area contributed by atoms with Gasteiger partial charge in [0.2, 0.25) is 5.78 Å². The van der Waals surface area contributed by atoms with E-state index in [2.05, 4.69) is 5.10 Å². The number of carbonyl (C=O) groups excluding carboxylic acids is 1. The molecule has 0 saturated carbocycles. The summed E-state index contributed by atoms with van der Waals surface area (Å²) in [5.41, 5.74) is -0.211. The van der Waals surface area contributed by atoms with E-state index >= 15 is 0 Å². The lowest BCUT2D eigenvalue weighted by molar-refractivity contribution is -0.384. The molecule has 0 bridgehead atoms. The zero-order valence-corrected chi connectivity index (χ0v) is 12.5. The van der Waals surface area contributed by atoms with E-state index < -0.39 is 10.7 Å². The van der Waals surface area contributed by atoms with Gasteiger partial charge in [0.05, 0.1) is 22.4 Å². The third-order valence-corrected chi connectivity index (χ3v) is 3.36.